The van der Waals surface area contributed by atoms with Crippen LogP contribution in [-0.4, -0.2) is 0 Å². The predicted molar refractivity (Wildman–Crippen MR) is 102 cm³/mol. The second kappa shape index (κ2) is 23.1. The maximum absolute atomic E-state index is 4.10. The van der Waals surface area contributed by atoms with Gasteiger partial charge in [-0.05, 0) is 24.3 Å². The first-order chi connectivity index (χ1) is 10.9. The third-order valence-corrected chi connectivity index (χ3v) is 1.79. The van der Waals surface area contributed by atoms with E-state index in [0.717, 1.165) is 11.4 Å². The highest BCUT2D eigenvalue weighted by Gasteiger charge is 1.86. The van der Waals surface area contributed by atoms with E-state index in [4.69, 9.17) is 0 Å². The fourth-order valence-corrected chi connectivity index (χ4v) is 1.10. The van der Waals surface area contributed by atoms with Gasteiger partial charge in [0.1, 0.15) is 0 Å². The second-order valence-corrected chi connectivity index (χ2v) is 2.87. The zero-order chi connectivity index (χ0) is 17.6. The van der Waals surface area contributed by atoms with Gasteiger partial charge in [-0.2, -0.15) is 10.2 Å². The van der Waals surface area contributed by atoms with E-state index in [0.29, 0.717) is 0 Å². The van der Waals surface area contributed by atoms with Gasteiger partial charge in [-0.3, -0.25) is 0 Å². The van der Waals surface area contributed by atoms with E-state index in [2.05, 4.69) is 62.9 Å². The summed E-state index contributed by atoms with van der Waals surface area (Å²) < 4.78 is 0. The van der Waals surface area contributed by atoms with E-state index >= 15 is 0 Å². The van der Waals surface area contributed by atoms with Gasteiger partial charge in [0.2, 0.25) is 0 Å². The minimum absolute atomic E-state index is 0.872. The van der Waals surface area contributed by atoms with Crippen LogP contribution in [0.4, 0.5) is 11.4 Å². The molecule has 0 aromatic heterocycles. The molecule has 2 aromatic rings. The largest absolute Gasteiger partial charge is 0.151 e. The van der Waals surface area contributed by atoms with Crippen molar-refractivity contribution < 1.29 is 0 Å². The smallest absolute Gasteiger partial charge is 0.0857 e. The molecule has 2 nitrogen and oxygen atoms in total. The lowest BCUT2D eigenvalue weighted by molar-refractivity contribution is 1.23. The Morgan fingerprint density at radius 1 is 0.409 bits per heavy atom. The van der Waals surface area contributed by atoms with Gasteiger partial charge in [-0.1, -0.05) is 36.4 Å². The molecule has 0 N–H and O–H groups in total. The van der Waals surface area contributed by atoms with E-state index in [-0.39, 0.29) is 0 Å². The molecule has 0 saturated heterocycles. The van der Waals surface area contributed by atoms with Crippen molar-refractivity contribution in [3.8, 4) is 0 Å². The van der Waals surface area contributed by atoms with Crippen molar-refractivity contribution in [1.82, 2.24) is 0 Å². The van der Waals surface area contributed by atoms with Crippen molar-refractivity contribution in [1.29, 1.82) is 0 Å². The number of hydrogen-bond donors (Lipinski definition) is 0. The Morgan fingerprint density at radius 2 is 0.636 bits per heavy atom. The van der Waals surface area contributed by atoms with Crippen molar-refractivity contribution in [3.63, 3.8) is 0 Å². The predicted octanol–water partition coefficient (Wildman–Crippen LogP) is 7.31. The zero-order valence-corrected chi connectivity index (χ0v) is 13.3. The summed E-state index contributed by atoms with van der Waals surface area (Å²) in [7, 11) is 0. The highest BCUT2D eigenvalue weighted by atomic mass is 15.1. The fourth-order valence-electron chi connectivity index (χ4n) is 1.10. The Kier molecular flexibility index (Phi) is 25.3. The molecule has 0 saturated carbocycles. The molecule has 0 amide bonds. The Morgan fingerprint density at radius 3 is 0.864 bits per heavy atom. The van der Waals surface area contributed by atoms with E-state index in [1.165, 1.54) is 0 Å². The van der Waals surface area contributed by atoms with Gasteiger partial charge in [0.15, 0.2) is 0 Å². The minimum Gasteiger partial charge on any atom is -0.151 e. The van der Waals surface area contributed by atoms with Crippen molar-refractivity contribution in [2.75, 3.05) is 0 Å². The summed E-state index contributed by atoms with van der Waals surface area (Å²) in [5.41, 5.74) is 1.74. The lowest BCUT2D eigenvalue weighted by atomic mass is 10.3. The molecule has 116 valence electrons. The topological polar surface area (TPSA) is 24.7 Å². The van der Waals surface area contributed by atoms with Gasteiger partial charge in [0.05, 0.1) is 11.4 Å². The highest BCUT2D eigenvalue weighted by Crippen LogP contribution is 2.16. The van der Waals surface area contributed by atoms with E-state index in [9.17, 15) is 0 Å². The molecule has 0 heterocycles. The SMILES string of the molecule is C=C.C=C.C=C.C=C.c1ccc(N=Nc2ccccc2)cc1. The van der Waals surface area contributed by atoms with Crippen LogP contribution in [0, 0.1) is 0 Å². The molecule has 0 fully saturated rings. The Hall–Kier alpha value is -3.00. The Labute approximate surface area is 135 Å². The van der Waals surface area contributed by atoms with Crippen LogP contribution in [-0.2, 0) is 0 Å². The van der Waals surface area contributed by atoms with E-state index in [1.807, 2.05) is 60.7 Å². The summed E-state index contributed by atoms with van der Waals surface area (Å²) in [6, 6.07) is 19.4. The molecular weight excluding hydrogens is 268 g/mol. The van der Waals surface area contributed by atoms with Crippen molar-refractivity contribution in [2.45, 2.75) is 0 Å². The molecule has 0 spiro atoms. The highest BCUT2D eigenvalue weighted by molar-refractivity contribution is 5.39. The Balaban J connectivity index is -0.000000394. The van der Waals surface area contributed by atoms with Gasteiger partial charge in [-0.25, -0.2) is 0 Å². The summed E-state index contributed by atoms with van der Waals surface area (Å²) in [5, 5.41) is 8.20. The average Bonchev–Trinajstić information content (AvgIpc) is 2.68. The van der Waals surface area contributed by atoms with Gasteiger partial charge in [0.25, 0.3) is 0 Å². The van der Waals surface area contributed by atoms with Gasteiger partial charge >= 0.3 is 0 Å². The van der Waals surface area contributed by atoms with Crippen LogP contribution in [0.1, 0.15) is 0 Å². The number of rotatable bonds is 2. The summed E-state index contributed by atoms with van der Waals surface area (Å²) in [4.78, 5) is 0. The lowest BCUT2D eigenvalue weighted by Gasteiger charge is -1.91. The van der Waals surface area contributed by atoms with Gasteiger partial charge in [0, 0.05) is 0 Å². The molecule has 0 aliphatic carbocycles. The molecule has 0 aliphatic heterocycles. The Bertz CT molecular complexity index is 414. The first-order valence-corrected chi connectivity index (χ1v) is 6.47. The first-order valence-electron chi connectivity index (χ1n) is 6.47. The minimum atomic E-state index is 0.872. The molecule has 2 rings (SSSR count). The third kappa shape index (κ3) is 13.4. The standard InChI is InChI=1S/C12H10N2.4C2H4/c1-3-7-11(8-4-1)13-14-12-9-5-2-6-10-12;4*1-2/h1-10H;4*1-2H2. The molecule has 0 aliphatic rings. The summed E-state index contributed by atoms with van der Waals surface area (Å²) in [6.45, 7) is 24.0. The van der Waals surface area contributed by atoms with Crippen molar-refractivity contribution in [3.05, 3.63) is 113 Å². The molecule has 0 bridgehead atoms. The van der Waals surface area contributed by atoms with Crippen LogP contribution in [0.2, 0.25) is 0 Å². The molecule has 22 heavy (non-hydrogen) atoms. The number of azo groups is 1. The van der Waals surface area contributed by atoms with Crippen LogP contribution in [0.3, 0.4) is 0 Å². The van der Waals surface area contributed by atoms with Crippen molar-refractivity contribution >= 4 is 11.4 Å². The molecular formula is C20H26N2. The molecule has 0 unspecified atom stereocenters. The molecule has 2 heteroatoms. The maximum atomic E-state index is 4.10. The maximum Gasteiger partial charge on any atom is 0.0857 e. The quantitative estimate of drug-likeness (QED) is 0.409. The van der Waals surface area contributed by atoms with Crippen molar-refractivity contribution in [2.24, 2.45) is 10.2 Å². The second-order valence-electron chi connectivity index (χ2n) is 2.87. The normalized spacial score (nSPS) is 7.45. The third-order valence-electron chi connectivity index (χ3n) is 1.79. The number of benzene rings is 2. The average molecular weight is 294 g/mol. The van der Waals surface area contributed by atoms with Crippen LogP contribution in [0.5, 0.6) is 0 Å². The summed E-state index contributed by atoms with van der Waals surface area (Å²) >= 11 is 0. The monoisotopic (exact) mass is 294 g/mol. The van der Waals surface area contributed by atoms with E-state index in [1.54, 1.807) is 0 Å². The first kappa shape index (κ1) is 24.0. The summed E-state index contributed by atoms with van der Waals surface area (Å²) in [6.07, 6.45) is 0. The zero-order valence-electron chi connectivity index (χ0n) is 13.3. The summed E-state index contributed by atoms with van der Waals surface area (Å²) in [5.74, 6) is 0. The van der Waals surface area contributed by atoms with Crippen LogP contribution in [0.25, 0.3) is 0 Å². The number of nitrogens with zero attached hydrogens (tertiary/aromatic N) is 2. The van der Waals surface area contributed by atoms with Gasteiger partial charge in [-0.15, -0.1) is 52.6 Å². The van der Waals surface area contributed by atoms with Gasteiger partial charge < -0.3 is 0 Å². The lowest BCUT2D eigenvalue weighted by Crippen LogP contribution is -1.62. The molecule has 0 atom stereocenters. The van der Waals surface area contributed by atoms with Crippen LogP contribution in [0.15, 0.2) is 124 Å². The molecule has 2 aromatic carbocycles. The fraction of sp³-hybridized carbons (Fsp3) is 0. The van der Waals surface area contributed by atoms with Crippen LogP contribution < -0.4 is 0 Å². The van der Waals surface area contributed by atoms with E-state index < -0.39 is 0 Å². The number of hydrogen-bond acceptors (Lipinski definition) is 2. The van der Waals surface area contributed by atoms with Crippen LogP contribution >= 0.6 is 0 Å². The molecule has 0 radical (unpaired) electrons.